The lowest BCUT2D eigenvalue weighted by Crippen LogP contribution is -2.18. The number of rotatable bonds is 4. The lowest BCUT2D eigenvalue weighted by atomic mass is 9.95. The van der Waals surface area contributed by atoms with Crippen molar-refractivity contribution >= 4 is 39.8 Å². The van der Waals surface area contributed by atoms with Gasteiger partial charge < -0.3 is 15.7 Å². The van der Waals surface area contributed by atoms with E-state index in [2.05, 4.69) is 5.10 Å². The molecule has 3 N–H and O–H groups in total. The summed E-state index contributed by atoms with van der Waals surface area (Å²) in [5.41, 5.74) is 0.732. The molecule has 0 atom stereocenters. The van der Waals surface area contributed by atoms with E-state index in [-0.39, 0.29) is 22.0 Å². The van der Waals surface area contributed by atoms with Crippen LogP contribution >= 0.6 is 11.6 Å². The summed E-state index contributed by atoms with van der Waals surface area (Å²) in [5.74, 6) is 4.86. The van der Waals surface area contributed by atoms with Crippen LogP contribution in [0.3, 0.4) is 0 Å². The van der Waals surface area contributed by atoms with E-state index in [0.29, 0.717) is 22.1 Å². The number of nitrogens with zero attached hydrogens (tertiary/aromatic N) is 1. The Morgan fingerprint density at radius 3 is 2.41 bits per heavy atom. The average molecular weight is 383 g/mol. The standard InChI is InChI=1S/C20H15ClN2O4/c1-11(24)27-18-9-7-15(13-4-2-3-5-14(13)18)19(23-22)20(26)12-6-8-17(25)16(21)10-12/h2-10,25H,22H2,1H3/b23-19+. The Labute approximate surface area is 159 Å². The smallest absolute Gasteiger partial charge is 0.308 e. The Bertz CT molecular complexity index is 1090. The third-order valence-corrected chi connectivity index (χ3v) is 4.25. The maximum atomic E-state index is 12.9. The van der Waals surface area contributed by atoms with Gasteiger partial charge in [-0.2, -0.15) is 5.10 Å². The lowest BCUT2D eigenvalue weighted by molar-refractivity contribution is -0.131. The van der Waals surface area contributed by atoms with Gasteiger partial charge in [-0.25, -0.2) is 0 Å². The van der Waals surface area contributed by atoms with Crippen molar-refractivity contribution in [2.24, 2.45) is 10.9 Å². The predicted octanol–water partition coefficient (Wildman–Crippen LogP) is 3.67. The fourth-order valence-electron chi connectivity index (χ4n) is 2.76. The fraction of sp³-hybridized carbons (Fsp3) is 0.0500. The molecule has 7 heteroatoms. The number of carbonyl (C=O) groups excluding carboxylic acids is 2. The van der Waals surface area contributed by atoms with E-state index in [1.165, 1.54) is 25.1 Å². The zero-order valence-electron chi connectivity index (χ0n) is 14.3. The van der Waals surface area contributed by atoms with Gasteiger partial charge in [-0.3, -0.25) is 9.59 Å². The van der Waals surface area contributed by atoms with E-state index in [4.69, 9.17) is 22.2 Å². The molecule has 3 aromatic carbocycles. The molecule has 6 nitrogen and oxygen atoms in total. The summed E-state index contributed by atoms with van der Waals surface area (Å²) in [6.07, 6.45) is 0. The van der Waals surface area contributed by atoms with E-state index in [1.807, 2.05) is 0 Å². The zero-order valence-corrected chi connectivity index (χ0v) is 15.0. The molecule has 0 unspecified atom stereocenters. The van der Waals surface area contributed by atoms with Crippen molar-refractivity contribution in [2.75, 3.05) is 0 Å². The molecular weight excluding hydrogens is 368 g/mol. The molecule has 27 heavy (non-hydrogen) atoms. The van der Waals surface area contributed by atoms with Gasteiger partial charge in [0.15, 0.2) is 0 Å². The average Bonchev–Trinajstić information content (AvgIpc) is 2.65. The molecular formula is C20H15ClN2O4. The highest BCUT2D eigenvalue weighted by molar-refractivity contribution is 6.53. The van der Waals surface area contributed by atoms with E-state index < -0.39 is 11.8 Å². The molecule has 0 heterocycles. The Balaban J connectivity index is 2.13. The molecule has 136 valence electrons. The number of hydrogen-bond acceptors (Lipinski definition) is 6. The Kier molecular flexibility index (Phi) is 5.09. The molecule has 0 aliphatic rings. The van der Waals surface area contributed by atoms with Gasteiger partial charge in [-0.15, -0.1) is 0 Å². The van der Waals surface area contributed by atoms with Crippen LogP contribution in [-0.2, 0) is 4.79 Å². The first-order valence-electron chi connectivity index (χ1n) is 7.94. The molecule has 0 aromatic heterocycles. The first-order chi connectivity index (χ1) is 12.9. The first kappa shape index (κ1) is 18.4. The van der Waals surface area contributed by atoms with E-state index >= 15 is 0 Å². The minimum atomic E-state index is -0.454. The molecule has 0 aliphatic heterocycles. The molecule has 0 radical (unpaired) electrons. The number of ketones is 1. The van der Waals surface area contributed by atoms with E-state index in [1.54, 1.807) is 36.4 Å². The second-order valence-corrected chi connectivity index (χ2v) is 6.13. The highest BCUT2D eigenvalue weighted by Gasteiger charge is 2.21. The summed E-state index contributed by atoms with van der Waals surface area (Å²) in [6, 6.07) is 14.4. The monoisotopic (exact) mass is 382 g/mol. The molecule has 0 saturated carbocycles. The van der Waals surface area contributed by atoms with Gasteiger partial charge in [0, 0.05) is 23.4 Å². The van der Waals surface area contributed by atoms with Crippen molar-refractivity contribution in [3.8, 4) is 11.5 Å². The van der Waals surface area contributed by atoms with Crippen molar-refractivity contribution in [1.82, 2.24) is 0 Å². The van der Waals surface area contributed by atoms with Gasteiger partial charge in [-0.1, -0.05) is 35.9 Å². The molecule has 0 bridgehead atoms. The van der Waals surface area contributed by atoms with Gasteiger partial charge in [0.25, 0.3) is 0 Å². The number of nitrogens with two attached hydrogens (primary N) is 1. The number of carbonyl (C=O) groups is 2. The maximum absolute atomic E-state index is 12.9. The third-order valence-electron chi connectivity index (χ3n) is 3.95. The van der Waals surface area contributed by atoms with Crippen LogP contribution in [0, 0.1) is 0 Å². The number of aromatic hydroxyl groups is 1. The van der Waals surface area contributed by atoms with Crippen LogP contribution in [0.15, 0.2) is 59.7 Å². The number of hydrazone groups is 1. The van der Waals surface area contributed by atoms with Crippen molar-refractivity contribution in [2.45, 2.75) is 6.92 Å². The zero-order chi connectivity index (χ0) is 19.6. The quantitative estimate of drug-likeness (QED) is 0.179. The molecule has 3 rings (SSSR count). The molecule has 3 aromatic rings. The summed E-state index contributed by atoms with van der Waals surface area (Å²) >= 11 is 5.89. The Morgan fingerprint density at radius 2 is 1.78 bits per heavy atom. The number of phenols is 1. The van der Waals surface area contributed by atoms with Crippen LogP contribution in [0.1, 0.15) is 22.8 Å². The SMILES string of the molecule is CC(=O)Oc1ccc(/C(=N\N)C(=O)c2ccc(O)c(Cl)c2)c2ccccc12. The molecule has 0 spiro atoms. The summed E-state index contributed by atoms with van der Waals surface area (Å²) in [5, 5.41) is 14.6. The van der Waals surface area contributed by atoms with Crippen molar-refractivity contribution in [3.05, 3.63) is 70.7 Å². The Hall–Kier alpha value is -3.38. The number of halogens is 1. The highest BCUT2D eigenvalue weighted by atomic mass is 35.5. The van der Waals surface area contributed by atoms with Crippen molar-refractivity contribution < 1.29 is 19.4 Å². The number of ether oxygens (including phenoxy) is 1. The van der Waals surface area contributed by atoms with Gasteiger partial charge in [0.2, 0.25) is 5.78 Å². The van der Waals surface area contributed by atoms with E-state index in [0.717, 1.165) is 0 Å². The number of phenolic OH excluding ortho intramolecular Hbond substituents is 1. The van der Waals surface area contributed by atoms with Crippen LogP contribution in [0.4, 0.5) is 0 Å². The first-order valence-corrected chi connectivity index (χ1v) is 8.31. The molecule has 0 fully saturated rings. The largest absolute Gasteiger partial charge is 0.506 e. The number of esters is 1. The minimum Gasteiger partial charge on any atom is -0.506 e. The number of benzene rings is 3. The van der Waals surface area contributed by atoms with Gasteiger partial charge in [0.1, 0.15) is 17.2 Å². The Morgan fingerprint density at radius 1 is 1.07 bits per heavy atom. The van der Waals surface area contributed by atoms with Gasteiger partial charge in [-0.05, 0) is 35.7 Å². The molecule has 0 aliphatic carbocycles. The number of hydrogen-bond donors (Lipinski definition) is 2. The molecule has 0 saturated heterocycles. The normalized spacial score (nSPS) is 11.4. The summed E-state index contributed by atoms with van der Waals surface area (Å²) in [4.78, 5) is 24.2. The van der Waals surface area contributed by atoms with Crippen LogP contribution in [-0.4, -0.2) is 22.6 Å². The van der Waals surface area contributed by atoms with Crippen LogP contribution in [0.2, 0.25) is 5.02 Å². The van der Waals surface area contributed by atoms with E-state index in [9.17, 15) is 14.7 Å². The van der Waals surface area contributed by atoms with Crippen molar-refractivity contribution in [1.29, 1.82) is 0 Å². The summed E-state index contributed by atoms with van der Waals surface area (Å²) in [7, 11) is 0. The summed E-state index contributed by atoms with van der Waals surface area (Å²) < 4.78 is 5.23. The van der Waals surface area contributed by atoms with Crippen LogP contribution in [0.25, 0.3) is 10.8 Å². The van der Waals surface area contributed by atoms with Gasteiger partial charge >= 0.3 is 5.97 Å². The minimum absolute atomic E-state index is 0.0160. The predicted molar refractivity (Wildman–Crippen MR) is 103 cm³/mol. The van der Waals surface area contributed by atoms with Crippen molar-refractivity contribution in [3.63, 3.8) is 0 Å². The summed E-state index contributed by atoms with van der Waals surface area (Å²) in [6.45, 7) is 1.31. The van der Waals surface area contributed by atoms with Crippen LogP contribution < -0.4 is 10.6 Å². The fourth-order valence-corrected chi connectivity index (χ4v) is 2.94. The number of fused-ring (bicyclic) bond motifs is 1. The highest BCUT2D eigenvalue weighted by Crippen LogP contribution is 2.30. The third kappa shape index (κ3) is 3.61. The lowest BCUT2D eigenvalue weighted by Gasteiger charge is -2.12. The van der Waals surface area contributed by atoms with Crippen LogP contribution in [0.5, 0.6) is 11.5 Å². The number of Topliss-reactive ketones (excluding diaryl/α,β-unsaturated/α-hetero) is 1. The maximum Gasteiger partial charge on any atom is 0.308 e. The van der Waals surface area contributed by atoms with Gasteiger partial charge in [0.05, 0.1) is 5.02 Å². The topological polar surface area (TPSA) is 102 Å². The second-order valence-electron chi connectivity index (χ2n) is 5.72. The molecule has 0 amide bonds. The second kappa shape index (κ2) is 7.47.